The summed E-state index contributed by atoms with van der Waals surface area (Å²) in [5, 5.41) is 0. The third kappa shape index (κ3) is 2.59. The molecule has 2 nitrogen and oxygen atoms in total. The highest BCUT2D eigenvalue weighted by molar-refractivity contribution is 6.17. The van der Waals surface area contributed by atoms with Crippen molar-refractivity contribution in [3.63, 3.8) is 0 Å². The van der Waals surface area contributed by atoms with E-state index in [0.717, 1.165) is 24.3 Å². The Morgan fingerprint density at radius 1 is 1.21 bits per heavy atom. The first-order valence-corrected chi connectivity index (χ1v) is 7.53. The van der Waals surface area contributed by atoms with Crippen LogP contribution in [0.2, 0.25) is 0 Å². The standard InChI is InChI=1S/C15H20ClFN2/c1-18-13-2-3-14(18)10-19(5-4-13)15-7-11(9-16)6-12(17)8-15/h6-8,13-14H,2-5,9-10H2,1H3. The Hall–Kier alpha value is -0.800. The molecule has 0 aromatic heterocycles. The minimum Gasteiger partial charge on any atom is -0.370 e. The fourth-order valence-electron chi connectivity index (χ4n) is 3.44. The van der Waals surface area contributed by atoms with Crippen LogP contribution in [0.1, 0.15) is 24.8 Å². The number of halogens is 2. The van der Waals surface area contributed by atoms with Crippen LogP contribution in [0.15, 0.2) is 18.2 Å². The lowest BCUT2D eigenvalue weighted by Crippen LogP contribution is -2.36. The molecule has 0 aliphatic carbocycles. The van der Waals surface area contributed by atoms with Gasteiger partial charge in [-0.05, 0) is 50.1 Å². The highest BCUT2D eigenvalue weighted by Gasteiger charge is 2.34. The highest BCUT2D eigenvalue weighted by Crippen LogP contribution is 2.31. The second kappa shape index (κ2) is 5.29. The van der Waals surface area contributed by atoms with E-state index in [1.165, 1.54) is 25.3 Å². The van der Waals surface area contributed by atoms with Gasteiger partial charge < -0.3 is 4.90 Å². The largest absolute Gasteiger partial charge is 0.370 e. The minimum atomic E-state index is -0.184. The predicted molar refractivity (Wildman–Crippen MR) is 77.4 cm³/mol. The van der Waals surface area contributed by atoms with Crippen molar-refractivity contribution in [1.82, 2.24) is 4.90 Å². The molecular weight excluding hydrogens is 263 g/mol. The van der Waals surface area contributed by atoms with Crippen LogP contribution in [-0.2, 0) is 5.88 Å². The summed E-state index contributed by atoms with van der Waals surface area (Å²) < 4.78 is 13.6. The summed E-state index contributed by atoms with van der Waals surface area (Å²) in [5.41, 5.74) is 1.84. The van der Waals surface area contributed by atoms with Crippen LogP contribution in [0.5, 0.6) is 0 Å². The topological polar surface area (TPSA) is 6.48 Å². The van der Waals surface area contributed by atoms with Gasteiger partial charge in [-0.3, -0.25) is 4.90 Å². The molecule has 0 saturated carbocycles. The van der Waals surface area contributed by atoms with E-state index in [-0.39, 0.29) is 5.82 Å². The SMILES string of the molecule is CN1C2CCC1CN(c1cc(F)cc(CCl)c1)CC2. The molecule has 3 rings (SSSR count). The molecule has 2 aliphatic heterocycles. The Labute approximate surface area is 119 Å². The van der Waals surface area contributed by atoms with Crippen LogP contribution >= 0.6 is 11.6 Å². The molecule has 104 valence electrons. The molecule has 2 fully saturated rings. The van der Waals surface area contributed by atoms with Crippen molar-refractivity contribution in [2.45, 2.75) is 37.2 Å². The first kappa shape index (κ1) is 13.2. The van der Waals surface area contributed by atoms with Crippen molar-refractivity contribution in [2.75, 3.05) is 25.0 Å². The maximum absolute atomic E-state index is 13.6. The molecule has 1 aromatic carbocycles. The van der Waals surface area contributed by atoms with Crippen LogP contribution in [0.25, 0.3) is 0 Å². The number of likely N-dealkylation sites (N-methyl/N-ethyl adjacent to an activating group) is 1. The van der Waals surface area contributed by atoms with Crippen LogP contribution in [0.4, 0.5) is 10.1 Å². The van der Waals surface area contributed by atoms with Gasteiger partial charge in [0.2, 0.25) is 0 Å². The molecule has 1 aromatic rings. The number of rotatable bonds is 2. The molecule has 0 N–H and O–H groups in total. The number of hydrogen-bond acceptors (Lipinski definition) is 2. The predicted octanol–water partition coefficient (Wildman–Crippen LogP) is 3.24. The molecule has 2 atom stereocenters. The van der Waals surface area contributed by atoms with Gasteiger partial charge in [0.25, 0.3) is 0 Å². The average molecular weight is 283 g/mol. The Kier molecular flexibility index (Phi) is 3.68. The second-order valence-corrected chi connectivity index (χ2v) is 6.00. The van der Waals surface area contributed by atoms with Crippen molar-refractivity contribution in [3.05, 3.63) is 29.6 Å². The second-order valence-electron chi connectivity index (χ2n) is 5.74. The molecule has 2 bridgehead atoms. The fourth-order valence-corrected chi connectivity index (χ4v) is 3.59. The highest BCUT2D eigenvalue weighted by atomic mass is 35.5. The number of benzene rings is 1. The van der Waals surface area contributed by atoms with Gasteiger partial charge in [0.05, 0.1) is 0 Å². The summed E-state index contributed by atoms with van der Waals surface area (Å²) in [5.74, 6) is 0.181. The molecular formula is C15H20ClFN2. The molecule has 2 saturated heterocycles. The number of alkyl halides is 1. The molecule has 0 radical (unpaired) electrons. The lowest BCUT2D eigenvalue weighted by Gasteiger charge is -2.28. The fraction of sp³-hybridized carbons (Fsp3) is 0.600. The molecule has 2 heterocycles. The van der Waals surface area contributed by atoms with Crippen LogP contribution in [0, 0.1) is 5.82 Å². The summed E-state index contributed by atoms with van der Waals surface area (Å²) >= 11 is 5.83. The van der Waals surface area contributed by atoms with Gasteiger partial charge in [-0.25, -0.2) is 4.39 Å². The zero-order valence-electron chi connectivity index (χ0n) is 11.3. The Morgan fingerprint density at radius 2 is 2.00 bits per heavy atom. The monoisotopic (exact) mass is 282 g/mol. The van der Waals surface area contributed by atoms with Gasteiger partial charge in [0, 0.05) is 36.7 Å². The first-order chi connectivity index (χ1) is 9.17. The lowest BCUT2D eigenvalue weighted by atomic mass is 10.1. The van der Waals surface area contributed by atoms with Gasteiger partial charge in [-0.1, -0.05) is 0 Å². The summed E-state index contributed by atoms with van der Waals surface area (Å²) in [6.07, 6.45) is 3.74. The zero-order chi connectivity index (χ0) is 13.4. The molecule has 0 spiro atoms. The van der Waals surface area contributed by atoms with Gasteiger partial charge in [0.1, 0.15) is 5.82 Å². The van der Waals surface area contributed by atoms with Crippen LogP contribution in [0.3, 0.4) is 0 Å². The lowest BCUT2D eigenvalue weighted by molar-refractivity contribution is 0.254. The Balaban J connectivity index is 1.84. The summed E-state index contributed by atoms with van der Waals surface area (Å²) in [4.78, 5) is 4.82. The third-order valence-corrected chi connectivity index (χ3v) is 4.92. The van der Waals surface area contributed by atoms with Gasteiger partial charge >= 0.3 is 0 Å². The van der Waals surface area contributed by atoms with E-state index < -0.39 is 0 Å². The van der Waals surface area contributed by atoms with E-state index in [9.17, 15) is 4.39 Å². The maximum atomic E-state index is 13.6. The normalized spacial score (nSPS) is 27.6. The van der Waals surface area contributed by atoms with Crippen molar-refractivity contribution >= 4 is 17.3 Å². The van der Waals surface area contributed by atoms with Gasteiger partial charge in [-0.2, -0.15) is 0 Å². The minimum absolute atomic E-state index is 0.184. The third-order valence-electron chi connectivity index (χ3n) is 4.61. The van der Waals surface area contributed by atoms with Gasteiger partial charge in [0.15, 0.2) is 0 Å². The van der Waals surface area contributed by atoms with Gasteiger partial charge in [-0.15, -0.1) is 11.6 Å². The Morgan fingerprint density at radius 3 is 2.79 bits per heavy atom. The maximum Gasteiger partial charge on any atom is 0.125 e. The van der Waals surface area contributed by atoms with Crippen molar-refractivity contribution in [1.29, 1.82) is 0 Å². The Bertz CT molecular complexity index is 465. The summed E-state index contributed by atoms with van der Waals surface area (Å²) in [7, 11) is 2.22. The molecule has 2 aliphatic rings. The molecule has 19 heavy (non-hydrogen) atoms. The summed E-state index contributed by atoms with van der Waals surface area (Å²) in [6.45, 7) is 2.01. The number of nitrogens with zero attached hydrogens (tertiary/aromatic N) is 2. The van der Waals surface area contributed by atoms with Crippen LogP contribution < -0.4 is 4.90 Å². The number of fused-ring (bicyclic) bond motifs is 2. The molecule has 4 heteroatoms. The van der Waals surface area contributed by atoms with E-state index in [1.54, 1.807) is 6.07 Å². The van der Waals surface area contributed by atoms with E-state index in [2.05, 4.69) is 16.8 Å². The van der Waals surface area contributed by atoms with E-state index >= 15 is 0 Å². The van der Waals surface area contributed by atoms with E-state index in [0.29, 0.717) is 18.0 Å². The smallest absolute Gasteiger partial charge is 0.125 e. The molecule has 2 unspecified atom stereocenters. The average Bonchev–Trinajstić information content (AvgIpc) is 2.62. The van der Waals surface area contributed by atoms with Crippen molar-refractivity contribution in [3.8, 4) is 0 Å². The summed E-state index contributed by atoms with van der Waals surface area (Å²) in [6, 6.07) is 6.49. The number of hydrogen-bond donors (Lipinski definition) is 0. The first-order valence-electron chi connectivity index (χ1n) is 6.99. The van der Waals surface area contributed by atoms with Crippen molar-refractivity contribution in [2.24, 2.45) is 0 Å². The van der Waals surface area contributed by atoms with Crippen molar-refractivity contribution < 1.29 is 4.39 Å². The quantitative estimate of drug-likeness (QED) is 0.769. The zero-order valence-corrected chi connectivity index (χ0v) is 12.0. The van der Waals surface area contributed by atoms with E-state index in [1.807, 2.05) is 6.07 Å². The number of anilines is 1. The van der Waals surface area contributed by atoms with E-state index in [4.69, 9.17) is 11.6 Å². The van der Waals surface area contributed by atoms with Crippen LogP contribution in [-0.4, -0.2) is 37.1 Å². The molecule has 0 amide bonds.